The van der Waals surface area contributed by atoms with E-state index in [1.54, 1.807) is 18.2 Å². The van der Waals surface area contributed by atoms with Crippen molar-refractivity contribution in [1.82, 2.24) is 0 Å². The summed E-state index contributed by atoms with van der Waals surface area (Å²) in [7, 11) is 0. The number of amides is 2. The molecule has 3 N–H and O–H groups in total. The zero-order valence-electron chi connectivity index (χ0n) is 12.5. The van der Waals surface area contributed by atoms with Gasteiger partial charge in [-0.2, -0.15) is 0 Å². The van der Waals surface area contributed by atoms with E-state index in [-0.39, 0.29) is 18.1 Å². The SMILES string of the molecule is NC(=O)c1cc(NC(=O)C2COc3ccc(Cl)cc3C2)ccc1F. The van der Waals surface area contributed by atoms with E-state index < -0.39 is 17.6 Å². The molecule has 0 radical (unpaired) electrons. The van der Waals surface area contributed by atoms with Gasteiger partial charge in [0.15, 0.2) is 0 Å². The van der Waals surface area contributed by atoms with Crippen LogP contribution in [0.1, 0.15) is 15.9 Å². The summed E-state index contributed by atoms with van der Waals surface area (Å²) in [6, 6.07) is 8.93. The van der Waals surface area contributed by atoms with Gasteiger partial charge in [0.05, 0.1) is 11.5 Å². The van der Waals surface area contributed by atoms with E-state index in [0.29, 0.717) is 22.9 Å². The van der Waals surface area contributed by atoms with Gasteiger partial charge in [0.1, 0.15) is 18.2 Å². The first-order valence-electron chi connectivity index (χ1n) is 7.25. The number of halogens is 2. The summed E-state index contributed by atoms with van der Waals surface area (Å²) in [4.78, 5) is 23.6. The minimum Gasteiger partial charge on any atom is -0.492 e. The molecule has 1 aliphatic heterocycles. The average molecular weight is 349 g/mol. The molecule has 0 saturated heterocycles. The van der Waals surface area contributed by atoms with Crippen molar-refractivity contribution in [2.45, 2.75) is 6.42 Å². The van der Waals surface area contributed by atoms with Crippen molar-refractivity contribution in [3.8, 4) is 5.75 Å². The third-order valence-corrected chi connectivity index (χ3v) is 4.03. The maximum atomic E-state index is 13.5. The third-order valence-electron chi connectivity index (χ3n) is 3.80. The Hall–Kier alpha value is -2.60. The van der Waals surface area contributed by atoms with Crippen LogP contribution in [0.25, 0.3) is 0 Å². The predicted octanol–water partition coefficient (Wildman–Crippen LogP) is 2.77. The van der Waals surface area contributed by atoms with Crippen molar-refractivity contribution < 1.29 is 18.7 Å². The number of carbonyl (C=O) groups is 2. The molecule has 0 saturated carbocycles. The maximum Gasteiger partial charge on any atom is 0.251 e. The molecule has 2 aromatic carbocycles. The van der Waals surface area contributed by atoms with Crippen molar-refractivity contribution in [1.29, 1.82) is 0 Å². The van der Waals surface area contributed by atoms with Crippen LogP contribution >= 0.6 is 11.6 Å². The third kappa shape index (κ3) is 3.33. The number of fused-ring (bicyclic) bond motifs is 1. The molecule has 2 aromatic rings. The average Bonchev–Trinajstić information content (AvgIpc) is 2.55. The van der Waals surface area contributed by atoms with E-state index in [1.165, 1.54) is 12.1 Å². The Balaban J connectivity index is 1.74. The molecule has 1 heterocycles. The molecule has 0 spiro atoms. The van der Waals surface area contributed by atoms with Crippen LogP contribution < -0.4 is 15.8 Å². The molecule has 0 bridgehead atoms. The summed E-state index contributed by atoms with van der Waals surface area (Å²) in [6.45, 7) is 0.227. The molecule has 0 aromatic heterocycles. The molecule has 7 heteroatoms. The quantitative estimate of drug-likeness (QED) is 0.894. The van der Waals surface area contributed by atoms with Gasteiger partial charge < -0.3 is 15.8 Å². The highest BCUT2D eigenvalue weighted by molar-refractivity contribution is 6.30. The Morgan fingerprint density at radius 1 is 1.25 bits per heavy atom. The Labute approximate surface area is 142 Å². The zero-order chi connectivity index (χ0) is 17.3. The molecule has 24 heavy (non-hydrogen) atoms. The van der Waals surface area contributed by atoms with E-state index in [9.17, 15) is 14.0 Å². The molecule has 1 unspecified atom stereocenters. The van der Waals surface area contributed by atoms with Gasteiger partial charge >= 0.3 is 0 Å². The number of ether oxygens (including phenoxy) is 1. The highest BCUT2D eigenvalue weighted by Crippen LogP contribution is 2.30. The maximum absolute atomic E-state index is 13.5. The van der Waals surface area contributed by atoms with E-state index in [1.807, 2.05) is 0 Å². The van der Waals surface area contributed by atoms with Crippen LogP contribution in [0.5, 0.6) is 5.75 Å². The lowest BCUT2D eigenvalue weighted by atomic mass is 9.96. The summed E-state index contributed by atoms with van der Waals surface area (Å²) >= 11 is 5.96. The second-order valence-electron chi connectivity index (χ2n) is 5.51. The van der Waals surface area contributed by atoms with Crippen molar-refractivity contribution >= 4 is 29.1 Å². The van der Waals surface area contributed by atoms with Gasteiger partial charge in [-0.3, -0.25) is 9.59 Å². The molecule has 3 rings (SSSR count). The summed E-state index contributed by atoms with van der Waals surface area (Å²) in [5, 5.41) is 3.23. The summed E-state index contributed by atoms with van der Waals surface area (Å²) < 4.78 is 19.0. The number of nitrogens with two attached hydrogens (primary N) is 1. The van der Waals surface area contributed by atoms with E-state index in [0.717, 1.165) is 11.6 Å². The van der Waals surface area contributed by atoms with Crippen LogP contribution in [0.3, 0.4) is 0 Å². The Morgan fingerprint density at radius 2 is 2.04 bits per heavy atom. The van der Waals surface area contributed by atoms with Gasteiger partial charge in [-0.25, -0.2) is 4.39 Å². The second kappa shape index (κ2) is 6.49. The number of primary amides is 1. The summed E-state index contributed by atoms with van der Waals surface area (Å²) in [5.74, 6) is -1.62. The second-order valence-corrected chi connectivity index (χ2v) is 5.95. The highest BCUT2D eigenvalue weighted by Gasteiger charge is 2.26. The monoisotopic (exact) mass is 348 g/mol. The number of rotatable bonds is 3. The number of benzene rings is 2. The van der Waals surface area contributed by atoms with Crippen LogP contribution in [0, 0.1) is 11.7 Å². The molecule has 5 nitrogen and oxygen atoms in total. The molecular formula is C17H14ClFN2O3. The molecule has 1 aliphatic rings. The van der Waals surface area contributed by atoms with Crippen LogP contribution in [-0.2, 0) is 11.2 Å². The number of nitrogens with one attached hydrogen (secondary N) is 1. The lowest BCUT2D eigenvalue weighted by Crippen LogP contribution is -2.32. The lowest BCUT2D eigenvalue weighted by molar-refractivity contribution is -0.121. The van der Waals surface area contributed by atoms with E-state index >= 15 is 0 Å². The van der Waals surface area contributed by atoms with Crippen LogP contribution in [0.2, 0.25) is 5.02 Å². The number of anilines is 1. The first-order valence-corrected chi connectivity index (χ1v) is 7.63. The number of hydrogen-bond acceptors (Lipinski definition) is 3. The van der Waals surface area contributed by atoms with Crippen LogP contribution in [0.15, 0.2) is 36.4 Å². The predicted molar refractivity (Wildman–Crippen MR) is 87.7 cm³/mol. The fraction of sp³-hybridized carbons (Fsp3) is 0.176. The van der Waals surface area contributed by atoms with Crippen LogP contribution in [-0.4, -0.2) is 18.4 Å². The van der Waals surface area contributed by atoms with Gasteiger partial charge in [-0.05, 0) is 48.4 Å². The summed E-state index contributed by atoms with van der Waals surface area (Å²) in [6.07, 6.45) is 0.478. The molecule has 124 valence electrons. The first-order chi connectivity index (χ1) is 11.4. The van der Waals surface area contributed by atoms with Crippen molar-refractivity contribution in [2.75, 3.05) is 11.9 Å². The minimum absolute atomic E-state index is 0.227. The van der Waals surface area contributed by atoms with Crippen LogP contribution in [0.4, 0.5) is 10.1 Å². The molecule has 0 aliphatic carbocycles. The van der Waals surface area contributed by atoms with Gasteiger partial charge in [-0.15, -0.1) is 0 Å². The van der Waals surface area contributed by atoms with Crippen molar-refractivity contribution in [2.24, 2.45) is 11.7 Å². The van der Waals surface area contributed by atoms with Gasteiger partial charge in [0.25, 0.3) is 5.91 Å². The smallest absolute Gasteiger partial charge is 0.251 e. The zero-order valence-corrected chi connectivity index (χ0v) is 13.3. The highest BCUT2D eigenvalue weighted by atomic mass is 35.5. The Morgan fingerprint density at radius 3 is 2.79 bits per heavy atom. The Bertz CT molecular complexity index is 825. The largest absolute Gasteiger partial charge is 0.492 e. The normalized spacial score (nSPS) is 16.0. The van der Waals surface area contributed by atoms with Crippen molar-refractivity contribution in [3.63, 3.8) is 0 Å². The van der Waals surface area contributed by atoms with Gasteiger partial charge in [0.2, 0.25) is 5.91 Å². The molecular weight excluding hydrogens is 335 g/mol. The molecule has 0 fully saturated rings. The Kier molecular flexibility index (Phi) is 4.40. The van der Waals surface area contributed by atoms with E-state index in [2.05, 4.69) is 5.32 Å². The first kappa shape index (κ1) is 16.3. The van der Waals surface area contributed by atoms with E-state index in [4.69, 9.17) is 22.1 Å². The van der Waals surface area contributed by atoms with Gasteiger partial charge in [0, 0.05) is 10.7 Å². The fourth-order valence-corrected chi connectivity index (χ4v) is 2.76. The topological polar surface area (TPSA) is 81.4 Å². The number of carbonyl (C=O) groups excluding carboxylic acids is 2. The fourth-order valence-electron chi connectivity index (χ4n) is 2.57. The lowest BCUT2D eigenvalue weighted by Gasteiger charge is -2.24. The minimum atomic E-state index is -0.895. The number of hydrogen-bond donors (Lipinski definition) is 2. The van der Waals surface area contributed by atoms with Gasteiger partial charge in [-0.1, -0.05) is 11.6 Å². The standard InChI is InChI=1S/C17H14ClFN2O3/c18-11-1-4-15-9(6-11)5-10(8-24-15)17(23)21-12-2-3-14(19)13(7-12)16(20)22/h1-4,6-7,10H,5,8H2,(H2,20,22)(H,21,23). The van der Waals surface area contributed by atoms with Crippen molar-refractivity contribution in [3.05, 3.63) is 58.4 Å². The molecule has 2 amide bonds. The molecule has 1 atom stereocenters. The summed E-state index contributed by atoms with van der Waals surface area (Å²) in [5.41, 5.74) is 5.98.